The number of alkyl halides is 10. The van der Waals surface area contributed by atoms with Crippen LogP contribution in [0.5, 0.6) is 0 Å². The summed E-state index contributed by atoms with van der Waals surface area (Å²) < 4.78 is 121. The van der Waals surface area contributed by atoms with Crippen LogP contribution in [0.15, 0.2) is 0 Å². The Kier molecular flexibility index (Phi) is 4.03. The van der Waals surface area contributed by atoms with E-state index in [1.807, 2.05) is 0 Å². The van der Waals surface area contributed by atoms with E-state index in [0.29, 0.717) is 0 Å². The zero-order valence-corrected chi connectivity index (χ0v) is 7.77. The quantitative estimate of drug-likeness (QED) is 0.682. The third-order valence-electron chi connectivity index (χ3n) is 1.80. The van der Waals surface area contributed by atoms with Crippen LogP contribution >= 0.6 is 0 Å². The van der Waals surface area contributed by atoms with Gasteiger partial charge in [-0.05, 0) is 6.92 Å². The van der Waals surface area contributed by atoms with Gasteiger partial charge in [-0.2, -0.15) is 39.5 Å². The first-order chi connectivity index (χ1) is 7.22. The van der Waals surface area contributed by atoms with Gasteiger partial charge in [0.25, 0.3) is 6.17 Å². The number of hydrogen-bond donors (Lipinski definition) is 0. The molecule has 0 unspecified atom stereocenters. The van der Waals surface area contributed by atoms with E-state index >= 15 is 0 Å². The van der Waals surface area contributed by atoms with Crippen LogP contribution in [0.4, 0.5) is 43.9 Å². The van der Waals surface area contributed by atoms with Crippen molar-refractivity contribution in [2.24, 2.45) is 0 Å². The normalized spacial score (nSPS) is 17.1. The van der Waals surface area contributed by atoms with Crippen LogP contribution in [0.2, 0.25) is 0 Å². The Morgan fingerprint density at radius 1 is 0.824 bits per heavy atom. The van der Waals surface area contributed by atoms with E-state index in [1.165, 1.54) is 0 Å². The minimum absolute atomic E-state index is 2.11. The molecule has 0 aromatic carbocycles. The molecular weight excluding hydrogens is 274 g/mol. The van der Waals surface area contributed by atoms with Crippen LogP contribution in [0, 0.1) is 6.92 Å². The molecule has 0 aliphatic rings. The Morgan fingerprint density at radius 2 is 1.18 bits per heavy atom. The van der Waals surface area contributed by atoms with E-state index < -0.39 is 36.5 Å². The van der Waals surface area contributed by atoms with Crippen LogP contribution in [0.3, 0.4) is 0 Å². The van der Waals surface area contributed by atoms with Crippen molar-refractivity contribution in [2.75, 3.05) is 0 Å². The average Bonchev–Trinajstić information content (AvgIpc) is 2.14. The lowest BCUT2D eigenvalue weighted by Crippen LogP contribution is -2.61. The van der Waals surface area contributed by atoms with Crippen LogP contribution < -0.4 is 0 Å². The molecule has 103 valence electrons. The minimum atomic E-state index is -6.59. The maximum atomic E-state index is 12.5. The Balaban J connectivity index is 5.45. The van der Waals surface area contributed by atoms with Gasteiger partial charge in [0.1, 0.15) is 0 Å². The molecule has 0 saturated carbocycles. The molecule has 0 saturated heterocycles. The van der Waals surface area contributed by atoms with Crippen LogP contribution in [0.1, 0.15) is 6.42 Å². The fourth-order valence-corrected chi connectivity index (χ4v) is 0.766. The molecule has 0 amide bonds. The van der Waals surface area contributed by atoms with Crippen molar-refractivity contribution < 1.29 is 43.9 Å². The van der Waals surface area contributed by atoms with E-state index in [2.05, 4.69) is 6.92 Å². The SMILES string of the molecule is [CH2]CC(F)(F)C(F)(F)C(F)(F)[C@H](F)C(F)(F)F. The van der Waals surface area contributed by atoms with Crippen LogP contribution in [-0.2, 0) is 0 Å². The first-order valence-electron chi connectivity index (χ1n) is 3.85. The van der Waals surface area contributed by atoms with E-state index in [0.717, 1.165) is 0 Å². The zero-order chi connectivity index (χ0) is 14.3. The molecule has 0 heterocycles. The highest BCUT2D eigenvalue weighted by Crippen LogP contribution is 2.52. The van der Waals surface area contributed by atoms with Crippen molar-refractivity contribution in [1.29, 1.82) is 0 Å². The Hall–Kier alpha value is -0.700. The van der Waals surface area contributed by atoms with E-state index in [-0.39, 0.29) is 0 Å². The van der Waals surface area contributed by atoms with Crippen LogP contribution in [-0.4, -0.2) is 30.1 Å². The zero-order valence-electron chi connectivity index (χ0n) is 7.77. The third-order valence-corrected chi connectivity index (χ3v) is 1.80. The summed E-state index contributed by atoms with van der Waals surface area (Å²) in [5, 5.41) is 0. The van der Waals surface area contributed by atoms with Crippen molar-refractivity contribution in [1.82, 2.24) is 0 Å². The lowest BCUT2D eigenvalue weighted by atomic mass is 9.98. The fraction of sp³-hybridized carbons (Fsp3) is 0.857. The van der Waals surface area contributed by atoms with Gasteiger partial charge in [0.05, 0.1) is 0 Å². The predicted molar refractivity (Wildman–Crippen MR) is 35.8 cm³/mol. The second kappa shape index (κ2) is 4.20. The molecule has 1 atom stereocenters. The minimum Gasteiger partial charge on any atom is -0.230 e. The Labute approximate surface area is 88.6 Å². The molecule has 0 rings (SSSR count). The summed E-state index contributed by atoms with van der Waals surface area (Å²) >= 11 is 0. The Morgan fingerprint density at radius 3 is 1.41 bits per heavy atom. The predicted octanol–water partition coefficient (Wildman–Crippen LogP) is 4.02. The summed E-state index contributed by atoms with van der Waals surface area (Å²) in [5.41, 5.74) is 0. The molecular formula is C7H5F10. The van der Waals surface area contributed by atoms with Gasteiger partial charge < -0.3 is 0 Å². The van der Waals surface area contributed by atoms with Crippen molar-refractivity contribution in [2.45, 2.75) is 36.5 Å². The molecule has 0 aliphatic heterocycles. The van der Waals surface area contributed by atoms with Gasteiger partial charge in [0.2, 0.25) is 0 Å². The van der Waals surface area contributed by atoms with Gasteiger partial charge in [-0.15, -0.1) is 0 Å². The number of hydrogen-bond acceptors (Lipinski definition) is 0. The molecule has 0 aliphatic carbocycles. The molecule has 17 heavy (non-hydrogen) atoms. The molecule has 1 radical (unpaired) electrons. The molecule has 0 fully saturated rings. The lowest BCUT2D eigenvalue weighted by molar-refractivity contribution is -0.355. The molecule has 0 bridgehead atoms. The second-order valence-corrected chi connectivity index (χ2v) is 3.06. The van der Waals surface area contributed by atoms with Gasteiger partial charge in [0, 0.05) is 6.42 Å². The largest absolute Gasteiger partial charge is 0.425 e. The van der Waals surface area contributed by atoms with Crippen molar-refractivity contribution in [3.8, 4) is 0 Å². The first-order valence-corrected chi connectivity index (χ1v) is 3.85. The molecule has 0 aromatic rings. The Bertz CT molecular complexity index is 264. The second-order valence-electron chi connectivity index (χ2n) is 3.06. The summed E-state index contributed by atoms with van der Waals surface area (Å²) in [6.45, 7) is 2.19. The highest BCUT2D eigenvalue weighted by Gasteiger charge is 2.77. The van der Waals surface area contributed by atoms with Gasteiger partial charge in [0.15, 0.2) is 0 Å². The van der Waals surface area contributed by atoms with Gasteiger partial charge in [-0.1, -0.05) is 0 Å². The van der Waals surface area contributed by atoms with E-state index in [1.54, 1.807) is 0 Å². The van der Waals surface area contributed by atoms with Crippen LogP contribution in [0.25, 0.3) is 0 Å². The highest BCUT2D eigenvalue weighted by molar-refractivity contribution is 5.02. The highest BCUT2D eigenvalue weighted by atomic mass is 19.4. The number of rotatable bonds is 4. The summed E-state index contributed by atoms with van der Waals surface area (Å²) in [4.78, 5) is 0. The monoisotopic (exact) mass is 279 g/mol. The van der Waals surface area contributed by atoms with Crippen molar-refractivity contribution >= 4 is 0 Å². The summed E-state index contributed by atoms with van der Waals surface area (Å²) in [6, 6.07) is 0. The molecule has 0 aromatic heterocycles. The maximum absolute atomic E-state index is 12.5. The van der Waals surface area contributed by atoms with E-state index in [4.69, 9.17) is 0 Å². The van der Waals surface area contributed by atoms with Crippen molar-refractivity contribution in [3.05, 3.63) is 6.92 Å². The summed E-state index contributed by atoms with van der Waals surface area (Å²) in [7, 11) is 0. The molecule has 10 heteroatoms. The molecule has 0 nitrogen and oxygen atoms in total. The standard InChI is InChI=1S/C7H5F10/c1-2-4(9,10)7(16,17)5(11,12)3(8)6(13,14)15/h3H,1-2H2/t3-/m0/s1. The van der Waals surface area contributed by atoms with Gasteiger partial charge in [-0.25, -0.2) is 4.39 Å². The third kappa shape index (κ3) is 2.59. The number of halogens is 10. The maximum Gasteiger partial charge on any atom is 0.425 e. The van der Waals surface area contributed by atoms with Gasteiger partial charge >= 0.3 is 23.9 Å². The molecule has 0 N–H and O–H groups in total. The van der Waals surface area contributed by atoms with E-state index in [9.17, 15) is 43.9 Å². The average molecular weight is 279 g/mol. The fourth-order valence-electron chi connectivity index (χ4n) is 0.766. The van der Waals surface area contributed by atoms with Crippen molar-refractivity contribution in [3.63, 3.8) is 0 Å². The molecule has 0 spiro atoms. The summed E-state index contributed by atoms with van der Waals surface area (Å²) in [6.07, 6.45) is -13.9. The lowest BCUT2D eigenvalue weighted by Gasteiger charge is -2.34. The topological polar surface area (TPSA) is 0 Å². The van der Waals surface area contributed by atoms with Gasteiger partial charge in [-0.3, -0.25) is 0 Å². The first kappa shape index (κ1) is 16.3. The smallest absolute Gasteiger partial charge is 0.230 e. The summed E-state index contributed by atoms with van der Waals surface area (Å²) in [5.74, 6) is -18.7.